The highest BCUT2D eigenvalue weighted by Gasteiger charge is 2.36. The zero-order valence-corrected chi connectivity index (χ0v) is 10.1. The van der Waals surface area contributed by atoms with Crippen molar-refractivity contribution in [2.24, 2.45) is 5.92 Å². The van der Waals surface area contributed by atoms with Crippen molar-refractivity contribution >= 4 is 0 Å². The number of hydrogen-bond donors (Lipinski definition) is 1. The molecule has 0 aromatic rings. The molecule has 1 rings (SSSR count). The SMILES string of the molecule is CCCC1OC(O)C(CC)C(CCC)O1. The van der Waals surface area contributed by atoms with Gasteiger partial charge < -0.3 is 14.6 Å². The lowest BCUT2D eigenvalue weighted by molar-refractivity contribution is -0.323. The lowest BCUT2D eigenvalue weighted by atomic mass is 9.94. The highest BCUT2D eigenvalue weighted by Crippen LogP contribution is 2.30. The molecule has 0 aliphatic carbocycles. The van der Waals surface area contributed by atoms with Gasteiger partial charge in [-0.15, -0.1) is 0 Å². The van der Waals surface area contributed by atoms with Crippen LogP contribution in [-0.4, -0.2) is 23.8 Å². The van der Waals surface area contributed by atoms with Gasteiger partial charge >= 0.3 is 0 Å². The second-order valence-corrected chi connectivity index (χ2v) is 4.28. The van der Waals surface area contributed by atoms with Crippen molar-refractivity contribution in [3.63, 3.8) is 0 Å². The molecule has 3 heteroatoms. The third-order valence-electron chi connectivity index (χ3n) is 3.03. The van der Waals surface area contributed by atoms with Crippen molar-refractivity contribution in [2.45, 2.75) is 71.6 Å². The van der Waals surface area contributed by atoms with Gasteiger partial charge in [0.05, 0.1) is 6.10 Å². The van der Waals surface area contributed by atoms with Gasteiger partial charge in [0, 0.05) is 5.92 Å². The van der Waals surface area contributed by atoms with Crippen LogP contribution in [0.3, 0.4) is 0 Å². The summed E-state index contributed by atoms with van der Waals surface area (Å²) in [6.07, 6.45) is 4.22. The maximum Gasteiger partial charge on any atom is 0.162 e. The van der Waals surface area contributed by atoms with E-state index >= 15 is 0 Å². The zero-order valence-electron chi connectivity index (χ0n) is 10.1. The van der Waals surface area contributed by atoms with Crippen LogP contribution in [0.5, 0.6) is 0 Å². The standard InChI is InChI=1S/C12H24O3/c1-4-7-10-9(6-3)12(13)15-11(14-10)8-5-2/h9-13H,4-8H2,1-3H3. The van der Waals surface area contributed by atoms with Crippen LogP contribution in [-0.2, 0) is 9.47 Å². The minimum atomic E-state index is -0.642. The average molecular weight is 216 g/mol. The number of hydrogen-bond acceptors (Lipinski definition) is 3. The predicted molar refractivity (Wildman–Crippen MR) is 59.3 cm³/mol. The number of rotatable bonds is 5. The van der Waals surface area contributed by atoms with Crippen molar-refractivity contribution in [1.29, 1.82) is 0 Å². The van der Waals surface area contributed by atoms with Gasteiger partial charge in [-0.1, -0.05) is 33.6 Å². The summed E-state index contributed by atoms with van der Waals surface area (Å²) in [4.78, 5) is 0. The Bertz CT molecular complexity index is 172. The van der Waals surface area contributed by atoms with Gasteiger partial charge in [-0.05, 0) is 19.3 Å². The summed E-state index contributed by atoms with van der Waals surface area (Å²) in [5.74, 6) is 0.137. The molecule has 1 heterocycles. The zero-order chi connectivity index (χ0) is 11.3. The second-order valence-electron chi connectivity index (χ2n) is 4.28. The van der Waals surface area contributed by atoms with Crippen molar-refractivity contribution < 1.29 is 14.6 Å². The minimum Gasteiger partial charge on any atom is -0.368 e. The van der Waals surface area contributed by atoms with Gasteiger partial charge in [0.2, 0.25) is 0 Å². The number of ether oxygens (including phenoxy) is 2. The molecule has 1 saturated heterocycles. The van der Waals surface area contributed by atoms with E-state index in [9.17, 15) is 5.11 Å². The molecule has 0 bridgehead atoms. The van der Waals surface area contributed by atoms with Crippen molar-refractivity contribution in [3.05, 3.63) is 0 Å². The molecule has 1 aliphatic heterocycles. The van der Waals surface area contributed by atoms with Crippen LogP contribution in [0.25, 0.3) is 0 Å². The molecule has 1 aliphatic rings. The van der Waals surface area contributed by atoms with Crippen LogP contribution in [0.2, 0.25) is 0 Å². The molecule has 0 amide bonds. The lowest BCUT2D eigenvalue weighted by Gasteiger charge is -2.39. The Hall–Kier alpha value is -0.120. The maximum absolute atomic E-state index is 9.86. The molecule has 1 fully saturated rings. The molecule has 0 aromatic carbocycles. The summed E-state index contributed by atoms with van der Waals surface area (Å²) in [6, 6.07) is 0. The topological polar surface area (TPSA) is 38.7 Å². The summed E-state index contributed by atoms with van der Waals surface area (Å²) in [5.41, 5.74) is 0. The van der Waals surface area contributed by atoms with E-state index in [2.05, 4.69) is 20.8 Å². The van der Waals surface area contributed by atoms with E-state index in [1.807, 2.05) is 0 Å². The summed E-state index contributed by atoms with van der Waals surface area (Å²) in [7, 11) is 0. The predicted octanol–water partition coefficient (Wildman–Crippen LogP) is 2.67. The summed E-state index contributed by atoms with van der Waals surface area (Å²) >= 11 is 0. The molecule has 0 radical (unpaired) electrons. The van der Waals surface area contributed by atoms with Crippen LogP contribution in [0.4, 0.5) is 0 Å². The molecule has 1 N–H and O–H groups in total. The van der Waals surface area contributed by atoms with Crippen LogP contribution in [0.1, 0.15) is 52.9 Å². The van der Waals surface area contributed by atoms with Crippen LogP contribution in [0.15, 0.2) is 0 Å². The fraction of sp³-hybridized carbons (Fsp3) is 1.00. The molecule has 0 spiro atoms. The minimum absolute atomic E-state index is 0.137. The highest BCUT2D eigenvalue weighted by molar-refractivity contribution is 4.76. The van der Waals surface area contributed by atoms with Crippen LogP contribution in [0, 0.1) is 5.92 Å². The van der Waals surface area contributed by atoms with Gasteiger partial charge in [-0.2, -0.15) is 0 Å². The van der Waals surface area contributed by atoms with Gasteiger partial charge in [-0.25, -0.2) is 0 Å². The first-order valence-electron chi connectivity index (χ1n) is 6.21. The van der Waals surface area contributed by atoms with Gasteiger partial charge in [0.25, 0.3) is 0 Å². The molecule has 0 saturated carbocycles. The maximum atomic E-state index is 9.86. The van der Waals surface area contributed by atoms with E-state index in [-0.39, 0.29) is 18.3 Å². The smallest absolute Gasteiger partial charge is 0.162 e. The fourth-order valence-corrected chi connectivity index (χ4v) is 2.17. The van der Waals surface area contributed by atoms with Crippen molar-refractivity contribution in [2.75, 3.05) is 0 Å². The summed E-state index contributed by atoms with van der Waals surface area (Å²) in [6.45, 7) is 6.32. The van der Waals surface area contributed by atoms with E-state index in [0.29, 0.717) is 0 Å². The first-order valence-corrected chi connectivity index (χ1v) is 6.21. The summed E-state index contributed by atoms with van der Waals surface area (Å²) in [5, 5.41) is 9.86. The Labute approximate surface area is 92.8 Å². The Morgan fingerprint density at radius 2 is 1.67 bits per heavy atom. The third-order valence-corrected chi connectivity index (χ3v) is 3.03. The van der Waals surface area contributed by atoms with Crippen LogP contribution >= 0.6 is 0 Å². The van der Waals surface area contributed by atoms with E-state index < -0.39 is 6.29 Å². The lowest BCUT2D eigenvalue weighted by Crippen LogP contribution is -2.45. The summed E-state index contributed by atoms with van der Waals surface area (Å²) < 4.78 is 11.3. The van der Waals surface area contributed by atoms with E-state index in [0.717, 1.165) is 32.1 Å². The molecule has 0 aromatic heterocycles. The van der Waals surface area contributed by atoms with Crippen LogP contribution < -0.4 is 0 Å². The van der Waals surface area contributed by atoms with Crippen molar-refractivity contribution in [3.8, 4) is 0 Å². The number of aliphatic hydroxyl groups excluding tert-OH is 1. The average Bonchev–Trinajstić information content (AvgIpc) is 2.18. The second kappa shape index (κ2) is 6.46. The molecule has 4 atom stereocenters. The van der Waals surface area contributed by atoms with Gasteiger partial charge in [0.1, 0.15) is 0 Å². The Balaban J connectivity index is 2.54. The normalized spacial score (nSPS) is 36.8. The van der Waals surface area contributed by atoms with Gasteiger partial charge in [-0.3, -0.25) is 0 Å². The van der Waals surface area contributed by atoms with Crippen molar-refractivity contribution in [1.82, 2.24) is 0 Å². The third kappa shape index (κ3) is 3.44. The first kappa shape index (κ1) is 12.9. The quantitative estimate of drug-likeness (QED) is 0.768. The van der Waals surface area contributed by atoms with Gasteiger partial charge in [0.15, 0.2) is 12.6 Å². The monoisotopic (exact) mass is 216 g/mol. The molecule has 4 unspecified atom stereocenters. The van der Waals surface area contributed by atoms with E-state index in [4.69, 9.17) is 9.47 Å². The molecule has 90 valence electrons. The molecule has 3 nitrogen and oxygen atoms in total. The van der Waals surface area contributed by atoms with E-state index in [1.165, 1.54) is 0 Å². The number of aliphatic hydroxyl groups is 1. The fourth-order valence-electron chi connectivity index (χ4n) is 2.17. The Kier molecular flexibility index (Phi) is 5.58. The Morgan fingerprint density at radius 3 is 2.20 bits per heavy atom. The molecule has 15 heavy (non-hydrogen) atoms. The highest BCUT2D eigenvalue weighted by atomic mass is 16.7. The van der Waals surface area contributed by atoms with E-state index in [1.54, 1.807) is 0 Å². The first-order chi connectivity index (χ1) is 7.22. The largest absolute Gasteiger partial charge is 0.368 e. The molecular weight excluding hydrogens is 192 g/mol. The molecular formula is C12H24O3. The Morgan fingerprint density at radius 1 is 1.00 bits per heavy atom.